The minimum atomic E-state index is -3.44. The highest BCUT2D eigenvalue weighted by Gasteiger charge is 2.37. The molecule has 3 unspecified atom stereocenters. The predicted molar refractivity (Wildman–Crippen MR) is 85.5 cm³/mol. The quantitative estimate of drug-likeness (QED) is 0.929. The largest absolute Gasteiger partial charge is 0.316 e. The third-order valence-corrected chi connectivity index (χ3v) is 6.52. The third-order valence-electron chi connectivity index (χ3n) is 4.47. The van der Waals surface area contributed by atoms with Crippen LogP contribution in [0.4, 0.5) is 0 Å². The molecular weight excluding hydrogens is 284 g/mol. The van der Waals surface area contributed by atoms with Gasteiger partial charge in [-0.2, -0.15) is 4.31 Å². The molecule has 0 amide bonds. The first-order chi connectivity index (χ1) is 9.87. The highest BCUT2D eigenvalue weighted by Crippen LogP contribution is 2.32. The van der Waals surface area contributed by atoms with E-state index >= 15 is 0 Å². The van der Waals surface area contributed by atoms with Gasteiger partial charge in [-0.15, -0.1) is 0 Å². The fourth-order valence-electron chi connectivity index (χ4n) is 3.20. The lowest BCUT2D eigenvalue weighted by Crippen LogP contribution is -2.48. The maximum Gasteiger partial charge on any atom is 0.243 e. The van der Waals surface area contributed by atoms with Crippen molar-refractivity contribution in [1.82, 2.24) is 9.62 Å². The highest BCUT2D eigenvalue weighted by atomic mass is 32.2. The van der Waals surface area contributed by atoms with Gasteiger partial charge < -0.3 is 5.32 Å². The Labute approximate surface area is 128 Å². The van der Waals surface area contributed by atoms with Crippen molar-refractivity contribution in [3.8, 4) is 0 Å². The molecule has 21 heavy (non-hydrogen) atoms. The molecule has 0 saturated carbocycles. The fourth-order valence-corrected chi connectivity index (χ4v) is 5.27. The molecule has 1 aromatic carbocycles. The second-order valence-corrected chi connectivity index (χ2v) is 8.13. The Kier molecular flexibility index (Phi) is 5.07. The molecule has 0 aromatic heterocycles. The van der Waals surface area contributed by atoms with Crippen LogP contribution in [0.2, 0.25) is 0 Å². The van der Waals surface area contributed by atoms with Crippen LogP contribution in [0.5, 0.6) is 0 Å². The number of nitrogens with zero attached hydrogens (tertiary/aromatic N) is 1. The number of hydrogen-bond acceptors (Lipinski definition) is 3. The number of sulfonamides is 1. The average Bonchev–Trinajstić information content (AvgIpc) is 2.43. The van der Waals surface area contributed by atoms with Crippen LogP contribution in [-0.2, 0) is 16.6 Å². The molecule has 118 valence electrons. The second-order valence-electron chi connectivity index (χ2n) is 6.27. The van der Waals surface area contributed by atoms with Gasteiger partial charge in [-0.05, 0) is 43.9 Å². The molecule has 0 radical (unpaired) electrons. The minimum absolute atomic E-state index is 0.0499. The van der Waals surface area contributed by atoms with E-state index in [0.717, 1.165) is 12.0 Å². The van der Waals surface area contributed by atoms with E-state index in [2.05, 4.69) is 19.2 Å². The molecule has 0 aliphatic carbocycles. The first-order valence-corrected chi connectivity index (χ1v) is 9.06. The Bertz CT molecular complexity index is 586. The van der Waals surface area contributed by atoms with Gasteiger partial charge in [0.05, 0.1) is 4.90 Å². The van der Waals surface area contributed by atoms with Gasteiger partial charge in [-0.1, -0.05) is 32.0 Å². The zero-order chi connectivity index (χ0) is 15.6. The van der Waals surface area contributed by atoms with Crippen molar-refractivity contribution in [3.05, 3.63) is 29.8 Å². The summed E-state index contributed by atoms with van der Waals surface area (Å²) in [5.74, 6) is 0.794. The van der Waals surface area contributed by atoms with Crippen molar-refractivity contribution in [2.45, 2.75) is 44.7 Å². The lowest BCUT2D eigenvalue weighted by atomic mass is 9.88. The molecule has 1 saturated heterocycles. The molecule has 1 N–H and O–H groups in total. The van der Waals surface area contributed by atoms with Crippen LogP contribution in [0.3, 0.4) is 0 Å². The Morgan fingerprint density at radius 3 is 2.57 bits per heavy atom. The lowest BCUT2D eigenvalue weighted by Gasteiger charge is -2.40. The van der Waals surface area contributed by atoms with Gasteiger partial charge in [0.15, 0.2) is 0 Å². The van der Waals surface area contributed by atoms with Gasteiger partial charge >= 0.3 is 0 Å². The Morgan fingerprint density at radius 1 is 1.24 bits per heavy atom. The summed E-state index contributed by atoms with van der Waals surface area (Å²) in [5, 5.41) is 3.05. The maximum atomic E-state index is 13.1. The van der Waals surface area contributed by atoms with E-state index in [9.17, 15) is 8.42 Å². The van der Waals surface area contributed by atoms with Crippen molar-refractivity contribution < 1.29 is 8.42 Å². The van der Waals surface area contributed by atoms with Crippen molar-refractivity contribution >= 4 is 10.0 Å². The molecule has 3 atom stereocenters. The van der Waals surface area contributed by atoms with E-state index in [1.54, 1.807) is 16.4 Å². The van der Waals surface area contributed by atoms with Crippen molar-refractivity contribution in [2.24, 2.45) is 11.8 Å². The number of nitrogens with one attached hydrogen (secondary N) is 1. The normalized spacial score (nSPS) is 27.7. The molecule has 2 rings (SSSR count). The first-order valence-electron chi connectivity index (χ1n) is 7.62. The average molecular weight is 310 g/mol. The number of piperidine rings is 1. The van der Waals surface area contributed by atoms with Gasteiger partial charge in [0.1, 0.15) is 0 Å². The summed E-state index contributed by atoms with van der Waals surface area (Å²) in [5.41, 5.74) is 0.832. The van der Waals surface area contributed by atoms with Gasteiger partial charge in [-0.3, -0.25) is 0 Å². The van der Waals surface area contributed by atoms with E-state index in [1.165, 1.54) is 0 Å². The first kappa shape index (κ1) is 16.5. The van der Waals surface area contributed by atoms with Crippen LogP contribution in [0.15, 0.2) is 29.2 Å². The van der Waals surface area contributed by atoms with Crippen LogP contribution in [0.25, 0.3) is 0 Å². The minimum Gasteiger partial charge on any atom is -0.316 e. The topological polar surface area (TPSA) is 49.4 Å². The van der Waals surface area contributed by atoms with Crippen molar-refractivity contribution in [1.29, 1.82) is 0 Å². The number of benzene rings is 1. The molecule has 1 heterocycles. The molecule has 4 nitrogen and oxygen atoms in total. The Morgan fingerprint density at radius 2 is 1.90 bits per heavy atom. The summed E-state index contributed by atoms with van der Waals surface area (Å²) in [6.45, 7) is 7.46. The van der Waals surface area contributed by atoms with Crippen LogP contribution < -0.4 is 5.32 Å². The molecule has 1 fully saturated rings. The molecular formula is C16H26N2O2S. The smallest absolute Gasteiger partial charge is 0.243 e. The highest BCUT2D eigenvalue weighted by molar-refractivity contribution is 7.89. The summed E-state index contributed by atoms with van der Waals surface area (Å²) >= 11 is 0. The summed E-state index contributed by atoms with van der Waals surface area (Å²) < 4.78 is 27.9. The molecule has 5 heteroatoms. The summed E-state index contributed by atoms with van der Waals surface area (Å²) in [6, 6.07) is 7.34. The molecule has 1 aliphatic heterocycles. The fraction of sp³-hybridized carbons (Fsp3) is 0.625. The second kappa shape index (κ2) is 6.46. The SMILES string of the molecule is CNCc1ccccc1S(=O)(=O)N1CC(C)CC(C)C1C. The molecule has 1 aromatic rings. The number of hydrogen-bond donors (Lipinski definition) is 1. The van der Waals surface area contributed by atoms with Crippen LogP contribution >= 0.6 is 0 Å². The zero-order valence-corrected chi connectivity index (χ0v) is 14.2. The number of rotatable bonds is 4. The molecule has 0 spiro atoms. The van der Waals surface area contributed by atoms with Gasteiger partial charge in [0.25, 0.3) is 0 Å². The van der Waals surface area contributed by atoms with E-state index in [4.69, 9.17) is 0 Å². The van der Waals surface area contributed by atoms with Crippen LogP contribution in [0.1, 0.15) is 32.8 Å². The summed E-state index contributed by atoms with van der Waals surface area (Å²) in [4.78, 5) is 0.438. The maximum absolute atomic E-state index is 13.1. The van der Waals surface area contributed by atoms with E-state index in [1.807, 2.05) is 26.1 Å². The van der Waals surface area contributed by atoms with Gasteiger partial charge in [0.2, 0.25) is 10.0 Å². The van der Waals surface area contributed by atoms with Crippen molar-refractivity contribution in [2.75, 3.05) is 13.6 Å². The summed E-state index contributed by atoms with van der Waals surface area (Å²) in [7, 11) is -1.61. The van der Waals surface area contributed by atoms with E-state index in [-0.39, 0.29) is 6.04 Å². The van der Waals surface area contributed by atoms with Gasteiger partial charge in [0, 0.05) is 19.1 Å². The Hall–Kier alpha value is -0.910. The van der Waals surface area contributed by atoms with E-state index < -0.39 is 10.0 Å². The lowest BCUT2D eigenvalue weighted by molar-refractivity contribution is 0.157. The monoisotopic (exact) mass is 310 g/mol. The molecule has 1 aliphatic rings. The van der Waals surface area contributed by atoms with Crippen molar-refractivity contribution in [3.63, 3.8) is 0 Å². The van der Waals surface area contributed by atoms with Crippen LogP contribution in [-0.4, -0.2) is 32.4 Å². The van der Waals surface area contributed by atoms with E-state index in [0.29, 0.717) is 29.8 Å². The third kappa shape index (κ3) is 3.30. The standard InChI is InChI=1S/C16H26N2O2S/c1-12-9-13(2)14(3)18(11-12)21(19,20)16-8-6-5-7-15(16)10-17-4/h5-8,12-14,17H,9-11H2,1-4H3. The van der Waals surface area contributed by atoms with Crippen LogP contribution in [0, 0.1) is 11.8 Å². The Balaban J connectivity index is 2.42. The predicted octanol–water partition coefficient (Wildman–Crippen LogP) is 2.46. The van der Waals surface area contributed by atoms with Gasteiger partial charge in [-0.25, -0.2) is 8.42 Å². The molecule has 0 bridgehead atoms. The zero-order valence-electron chi connectivity index (χ0n) is 13.3. The summed E-state index contributed by atoms with van der Waals surface area (Å²) in [6.07, 6.45) is 1.09.